The standard InChI is InChI=1S/C12H17F3N2O/c13-12(14,15)3-1-11(10-2-8-18-9-10)17-6-4-16-5-7-17/h2,8-9,11,16H,1,3-7H2/t11-/m1/s1. The largest absolute Gasteiger partial charge is 0.472 e. The van der Waals surface area contributed by atoms with Gasteiger partial charge in [0.1, 0.15) is 0 Å². The number of piperazine rings is 1. The highest BCUT2D eigenvalue weighted by molar-refractivity contribution is 5.12. The van der Waals surface area contributed by atoms with Gasteiger partial charge < -0.3 is 9.73 Å². The molecule has 3 nitrogen and oxygen atoms in total. The third-order valence-electron chi connectivity index (χ3n) is 3.22. The van der Waals surface area contributed by atoms with E-state index in [0.717, 1.165) is 31.7 Å². The number of alkyl halides is 3. The van der Waals surface area contributed by atoms with E-state index in [1.165, 1.54) is 6.26 Å². The van der Waals surface area contributed by atoms with Crippen molar-refractivity contribution in [3.8, 4) is 0 Å². The van der Waals surface area contributed by atoms with Crippen molar-refractivity contribution in [1.29, 1.82) is 0 Å². The van der Waals surface area contributed by atoms with Gasteiger partial charge in [-0.1, -0.05) is 0 Å². The Morgan fingerprint density at radius 3 is 2.61 bits per heavy atom. The summed E-state index contributed by atoms with van der Waals surface area (Å²) in [5, 5.41) is 3.20. The van der Waals surface area contributed by atoms with E-state index in [2.05, 4.69) is 10.2 Å². The summed E-state index contributed by atoms with van der Waals surface area (Å²) in [6.45, 7) is 3.18. The van der Waals surface area contributed by atoms with E-state index in [-0.39, 0.29) is 12.5 Å². The Morgan fingerprint density at radius 1 is 1.33 bits per heavy atom. The Bertz CT molecular complexity index is 345. The van der Waals surface area contributed by atoms with Crippen LogP contribution in [-0.2, 0) is 0 Å². The van der Waals surface area contributed by atoms with Crippen molar-refractivity contribution in [2.45, 2.75) is 25.1 Å². The molecule has 2 rings (SSSR count). The molecule has 1 saturated heterocycles. The molecule has 0 amide bonds. The van der Waals surface area contributed by atoms with Gasteiger partial charge in [0, 0.05) is 44.2 Å². The van der Waals surface area contributed by atoms with Crippen LogP contribution in [0.5, 0.6) is 0 Å². The maximum Gasteiger partial charge on any atom is 0.389 e. The fraction of sp³-hybridized carbons (Fsp3) is 0.667. The van der Waals surface area contributed by atoms with Crippen LogP contribution in [0.25, 0.3) is 0 Å². The number of nitrogens with zero attached hydrogens (tertiary/aromatic N) is 1. The minimum atomic E-state index is -4.10. The van der Waals surface area contributed by atoms with E-state index in [4.69, 9.17) is 4.42 Å². The molecule has 0 unspecified atom stereocenters. The first-order valence-corrected chi connectivity index (χ1v) is 6.10. The average Bonchev–Trinajstić information content (AvgIpc) is 2.83. The predicted molar refractivity (Wildman–Crippen MR) is 61.2 cm³/mol. The molecule has 2 heterocycles. The normalized spacial score (nSPS) is 19.9. The van der Waals surface area contributed by atoms with Crippen LogP contribution < -0.4 is 5.32 Å². The van der Waals surface area contributed by atoms with Crippen molar-refractivity contribution in [3.05, 3.63) is 24.2 Å². The van der Waals surface area contributed by atoms with Gasteiger partial charge in [0.15, 0.2) is 0 Å². The molecule has 1 aromatic rings. The monoisotopic (exact) mass is 262 g/mol. The fourth-order valence-corrected chi connectivity index (χ4v) is 2.32. The van der Waals surface area contributed by atoms with Gasteiger partial charge in [-0.15, -0.1) is 0 Å². The average molecular weight is 262 g/mol. The number of nitrogens with one attached hydrogen (secondary N) is 1. The molecular weight excluding hydrogens is 245 g/mol. The molecule has 1 aromatic heterocycles. The lowest BCUT2D eigenvalue weighted by Gasteiger charge is -2.34. The summed E-state index contributed by atoms with van der Waals surface area (Å²) in [4.78, 5) is 2.09. The first-order chi connectivity index (χ1) is 8.56. The van der Waals surface area contributed by atoms with E-state index in [1.54, 1.807) is 12.3 Å². The highest BCUT2D eigenvalue weighted by atomic mass is 19.4. The fourth-order valence-electron chi connectivity index (χ4n) is 2.32. The van der Waals surface area contributed by atoms with Gasteiger partial charge in [-0.05, 0) is 12.5 Å². The second-order valence-electron chi connectivity index (χ2n) is 4.51. The zero-order valence-electron chi connectivity index (χ0n) is 10.0. The van der Waals surface area contributed by atoms with Crippen LogP contribution in [0, 0.1) is 0 Å². The van der Waals surface area contributed by atoms with E-state index in [9.17, 15) is 13.2 Å². The van der Waals surface area contributed by atoms with E-state index < -0.39 is 12.6 Å². The predicted octanol–water partition coefficient (Wildman–Crippen LogP) is 2.57. The molecule has 1 atom stereocenters. The number of hydrogen-bond acceptors (Lipinski definition) is 3. The zero-order chi connectivity index (χ0) is 13.0. The number of furan rings is 1. The molecule has 0 saturated carbocycles. The Morgan fingerprint density at radius 2 is 2.06 bits per heavy atom. The Balaban J connectivity index is 2.03. The minimum absolute atomic E-state index is 0.0863. The SMILES string of the molecule is FC(F)(F)CC[C@H](c1ccoc1)N1CCNCC1. The van der Waals surface area contributed by atoms with Crippen molar-refractivity contribution in [3.63, 3.8) is 0 Å². The summed E-state index contributed by atoms with van der Waals surface area (Å²) >= 11 is 0. The van der Waals surface area contributed by atoms with Gasteiger partial charge in [0.2, 0.25) is 0 Å². The molecule has 0 aliphatic carbocycles. The molecule has 6 heteroatoms. The smallest absolute Gasteiger partial charge is 0.389 e. The summed E-state index contributed by atoms with van der Waals surface area (Å²) in [6.07, 6.45) is -1.72. The van der Waals surface area contributed by atoms with E-state index in [0.29, 0.717) is 0 Å². The van der Waals surface area contributed by atoms with Crippen molar-refractivity contribution < 1.29 is 17.6 Å². The molecule has 1 N–H and O–H groups in total. The molecule has 102 valence electrons. The lowest BCUT2D eigenvalue weighted by atomic mass is 10.0. The molecular formula is C12H17F3N2O. The van der Waals surface area contributed by atoms with Crippen LogP contribution in [0.1, 0.15) is 24.4 Å². The first kappa shape index (κ1) is 13.4. The Kier molecular flexibility index (Phi) is 4.29. The molecule has 0 radical (unpaired) electrons. The van der Waals surface area contributed by atoms with Crippen molar-refractivity contribution >= 4 is 0 Å². The second-order valence-corrected chi connectivity index (χ2v) is 4.51. The van der Waals surface area contributed by atoms with Crippen LogP contribution in [0.15, 0.2) is 23.0 Å². The van der Waals surface area contributed by atoms with Gasteiger partial charge in [0.25, 0.3) is 0 Å². The van der Waals surface area contributed by atoms with Gasteiger partial charge in [-0.2, -0.15) is 13.2 Å². The van der Waals surface area contributed by atoms with E-state index >= 15 is 0 Å². The van der Waals surface area contributed by atoms with Crippen molar-refractivity contribution in [1.82, 2.24) is 10.2 Å². The van der Waals surface area contributed by atoms with Crippen LogP contribution in [0.4, 0.5) is 13.2 Å². The lowest BCUT2D eigenvalue weighted by molar-refractivity contribution is -0.138. The number of rotatable bonds is 4. The summed E-state index contributed by atoms with van der Waals surface area (Å²) in [5.74, 6) is 0. The zero-order valence-corrected chi connectivity index (χ0v) is 10.0. The summed E-state index contributed by atoms with van der Waals surface area (Å²) in [6, 6.07) is 1.55. The van der Waals surface area contributed by atoms with Gasteiger partial charge in [-0.25, -0.2) is 0 Å². The Labute approximate surface area is 104 Å². The molecule has 0 aromatic carbocycles. The molecule has 0 bridgehead atoms. The summed E-state index contributed by atoms with van der Waals surface area (Å²) in [7, 11) is 0. The summed E-state index contributed by atoms with van der Waals surface area (Å²) in [5.41, 5.74) is 0.834. The number of halogens is 3. The van der Waals surface area contributed by atoms with Crippen LogP contribution in [0.3, 0.4) is 0 Å². The third kappa shape index (κ3) is 3.74. The van der Waals surface area contributed by atoms with Crippen LogP contribution in [-0.4, -0.2) is 37.3 Å². The second kappa shape index (κ2) is 5.75. The quantitative estimate of drug-likeness (QED) is 0.904. The minimum Gasteiger partial charge on any atom is -0.472 e. The van der Waals surface area contributed by atoms with Crippen LogP contribution >= 0.6 is 0 Å². The number of hydrogen-bond donors (Lipinski definition) is 1. The first-order valence-electron chi connectivity index (χ1n) is 6.10. The van der Waals surface area contributed by atoms with Gasteiger partial charge in [-0.3, -0.25) is 4.90 Å². The highest BCUT2D eigenvalue weighted by Crippen LogP contribution is 2.31. The molecule has 1 aliphatic heterocycles. The molecule has 1 aliphatic rings. The molecule has 1 fully saturated rings. The maximum atomic E-state index is 12.4. The maximum absolute atomic E-state index is 12.4. The van der Waals surface area contributed by atoms with Gasteiger partial charge >= 0.3 is 6.18 Å². The Hall–Kier alpha value is -1.01. The van der Waals surface area contributed by atoms with Crippen molar-refractivity contribution in [2.75, 3.05) is 26.2 Å². The van der Waals surface area contributed by atoms with Crippen LogP contribution in [0.2, 0.25) is 0 Å². The topological polar surface area (TPSA) is 28.4 Å². The van der Waals surface area contributed by atoms with E-state index in [1.807, 2.05) is 0 Å². The lowest BCUT2D eigenvalue weighted by Crippen LogP contribution is -2.45. The van der Waals surface area contributed by atoms with Gasteiger partial charge in [0.05, 0.1) is 12.5 Å². The molecule has 18 heavy (non-hydrogen) atoms. The third-order valence-corrected chi connectivity index (χ3v) is 3.22. The van der Waals surface area contributed by atoms with Crippen molar-refractivity contribution in [2.24, 2.45) is 0 Å². The summed E-state index contributed by atoms with van der Waals surface area (Å²) < 4.78 is 42.1. The highest BCUT2D eigenvalue weighted by Gasteiger charge is 2.31. The molecule has 0 spiro atoms.